The number of nitrogens with one attached hydrogen (secondary N) is 1. The Bertz CT molecular complexity index is 671. The molecule has 0 amide bonds. The van der Waals surface area contributed by atoms with E-state index in [0.717, 1.165) is 11.3 Å². The third kappa shape index (κ3) is 2.89. The molecule has 0 aliphatic heterocycles. The van der Waals surface area contributed by atoms with Crippen molar-refractivity contribution in [2.24, 2.45) is 0 Å². The SMILES string of the molecule is O=S(=O)(Nc1nccs1)c1cc(Cl)c(Cl)cc1Cl. The molecular formula is C9H5Cl3N2O2S2. The lowest BCUT2D eigenvalue weighted by Crippen LogP contribution is -2.13. The molecule has 0 saturated carbocycles. The van der Waals surface area contributed by atoms with E-state index < -0.39 is 10.0 Å². The van der Waals surface area contributed by atoms with Crippen molar-refractivity contribution in [1.29, 1.82) is 0 Å². The molecule has 0 radical (unpaired) electrons. The summed E-state index contributed by atoms with van der Waals surface area (Å²) in [6.07, 6.45) is 1.49. The van der Waals surface area contributed by atoms with Crippen LogP contribution in [0, 0.1) is 0 Å². The first kappa shape index (κ1) is 13.9. The molecule has 18 heavy (non-hydrogen) atoms. The number of anilines is 1. The predicted molar refractivity (Wildman–Crippen MR) is 74.4 cm³/mol. The van der Waals surface area contributed by atoms with Crippen molar-refractivity contribution in [3.05, 3.63) is 38.8 Å². The quantitative estimate of drug-likeness (QED) is 0.860. The fourth-order valence-electron chi connectivity index (χ4n) is 1.15. The Kier molecular flexibility index (Phi) is 4.03. The molecule has 1 heterocycles. The number of hydrogen-bond acceptors (Lipinski definition) is 4. The third-order valence-corrected chi connectivity index (χ3v) is 5.26. The highest BCUT2D eigenvalue weighted by Gasteiger charge is 2.20. The molecule has 0 aliphatic rings. The summed E-state index contributed by atoms with van der Waals surface area (Å²) in [7, 11) is -3.83. The first-order valence-electron chi connectivity index (χ1n) is 4.47. The van der Waals surface area contributed by atoms with Crippen molar-refractivity contribution in [2.45, 2.75) is 4.90 Å². The Morgan fingerprint density at radius 2 is 1.78 bits per heavy atom. The Labute approximate surface area is 123 Å². The summed E-state index contributed by atoms with van der Waals surface area (Å²) in [5.74, 6) is 0. The molecule has 0 bridgehead atoms. The van der Waals surface area contributed by atoms with Gasteiger partial charge in [-0.3, -0.25) is 4.72 Å². The lowest BCUT2D eigenvalue weighted by molar-refractivity contribution is 0.601. The number of thiazole rings is 1. The fraction of sp³-hybridized carbons (Fsp3) is 0. The zero-order valence-corrected chi connectivity index (χ0v) is 12.4. The number of sulfonamides is 1. The second kappa shape index (κ2) is 5.22. The van der Waals surface area contributed by atoms with Gasteiger partial charge in [0.15, 0.2) is 5.13 Å². The minimum atomic E-state index is -3.83. The zero-order chi connectivity index (χ0) is 13.3. The van der Waals surface area contributed by atoms with Crippen molar-refractivity contribution in [1.82, 2.24) is 4.98 Å². The Hall–Kier alpha value is -0.530. The number of halogens is 3. The van der Waals surface area contributed by atoms with E-state index in [1.165, 1.54) is 18.3 Å². The molecule has 0 spiro atoms. The highest BCUT2D eigenvalue weighted by Crippen LogP contribution is 2.32. The molecule has 0 aliphatic carbocycles. The van der Waals surface area contributed by atoms with Crippen LogP contribution in [0.15, 0.2) is 28.6 Å². The van der Waals surface area contributed by atoms with Crippen LogP contribution in [-0.4, -0.2) is 13.4 Å². The van der Waals surface area contributed by atoms with E-state index in [1.807, 2.05) is 0 Å². The molecule has 0 saturated heterocycles. The normalized spacial score (nSPS) is 11.5. The lowest BCUT2D eigenvalue weighted by Gasteiger charge is -2.08. The number of hydrogen-bond donors (Lipinski definition) is 1. The molecule has 1 aromatic heterocycles. The Balaban J connectivity index is 2.44. The van der Waals surface area contributed by atoms with Gasteiger partial charge in [0.05, 0.1) is 15.1 Å². The van der Waals surface area contributed by atoms with E-state index in [1.54, 1.807) is 5.38 Å². The summed E-state index contributed by atoms with van der Waals surface area (Å²) < 4.78 is 26.4. The van der Waals surface area contributed by atoms with Gasteiger partial charge in [0, 0.05) is 11.6 Å². The van der Waals surface area contributed by atoms with E-state index in [4.69, 9.17) is 34.8 Å². The summed E-state index contributed by atoms with van der Waals surface area (Å²) in [4.78, 5) is 3.68. The maximum atomic E-state index is 12.1. The molecule has 0 unspecified atom stereocenters. The van der Waals surface area contributed by atoms with Gasteiger partial charge in [-0.1, -0.05) is 34.8 Å². The molecule has 0 atom stereocenters. The number of aromatic nitrogens is 1. The molecule has 2 aromatic rings. The maximum Gasteiger partial charge on any atom is 0.265 e. The van der Waals surface area contributed by atoms with Gasteiger partial charge >= 0.3 is 0 Å². The van der Waals surface area contributed by atoms with Gasteiger partial charge in [-0.15, -0.1) is 11.3 Å². The first-order valence-corrected chi connectivity index (χ1v) is 7.96. The summed E-state index contributed by atoms with van der Waals surface area (Å²) >= 11 is 18.5. The zero-order valence-electron chi connectivity index (χ0n) is 8.52. The smallest absolute Gasteiger partial charge is 0.255 e. The standard InChI is InChI=1S/C9H5Cl3N2O2S2/c10-5-3-7(12)8(4-6(5)11)18(15,16)14-9-13-1-2-17-9/h1-4H,(H,13,14). The van der Waals surface area contributed by atoms with E-state index in [2.05, 4.69) is 9.71 Å². The summed E-state index contributed by atoms with van der Waals surface area (Å²) in [5, 5.41) is 2.19. The monoisotopic (exact) mass is 342 g/mol. The molecule has 1 N–H and O–H groups in total. The van der Waals surface area contributed by atoms with Crippen LogP contribution in [0.3, 0.4) is 0 Å². The fourth-order valence-corrected chi connectivity index (χ4v) is 3.95. The highest BCUT2D eigenvalue weighted by molar-refractivity contribution is 7.93. The average molecular weight is 344 g/mol. The van der Waals surface area contributed by atoms with Gasteiger partial charge < -0.3 is 0 Å². The van der Waals surface area contributed by atoms with Gasteiger partial charge in [0.2, 0.25) is 0 Å². The largest absolute Gasteiger partial charge is 0.265 e. The van der Waals surface area contributed by atoms with Crippen molar-refractivity contribution >= 4 is 61.3 Å². The molecular weight excluding hydrogens is 339 g/mol. The highest BCUT2D eigenvalue weighted by atomic mass is 35.5. The first-order chi connectivity index (χ1) is 8.40. The van der Waals surface area contributed by atoms with Crippen molar-refractivity contribution in [2.75, 3.05) is 4.72 Å². The second-order valence-corrected chi connectivity index (χ2v) is 6.91. The molecule has 2 rings (SSSR count). The van der Waals surface area contributed by atoms with E-state index in [-0.39, 0.29) is 25.1 Å². The number of nitrogens with zero attached hydrogens (tertiary/aromatic N) is 1. The minimum absolute atomic E-state index is 0.00606. The van der Waals surface area contributed by atoms with Gasteiger partial charge in [-0.25, -0.2) is 13.4 Å². The van der Waals surface area contributed by atoms with Crippen LogP contribution in [0.2, 0.25) is 15.1 Å². The van der Waals surface area contributed by atoms with E-state index >= 15 is 0 Å². The van der Waals surface area contributed by atoms with Crippen LogP contribution in [0.5, 0.6) is 0 Å². The van der Waals surface area contributed by atoms with Crippen LogP contribution in [0.4, 0.5) is 5.13 Å². The number of benzene rings is 1. The van der Waals surface area contributed by atoms with Crippen LogP contribution in [0.1, 0.15) is 0 Å². The van der Waals surface area contributed by atoms with E-state index in [9.17, 15) is 8.42 Å². The van der Waals surface area contributed by atoms with Gasteiger partial charge in [-0.05, 0) is 12.1 Å². The maximum absolute atomic E-state index is 12.1. The van der Waals surface area contributed by atoms with Gasteiger partial charge in [0.1, 0.15) is 4.90 Å². The summed E-state index contributed by atoms with van der Waals surface area (Å²) in [6.45, 7) is 0. The Morgan fingerprint density at radius 1 is 1.11 bits per heavy atom. The Morgan fingerprint density at radius 3 is 2.39 bits per heavy atom. The summed E-state index contributed by atoms with van der Waals surface area (Å²) in [5.41, 5.74) is 0. The van der Waals surface area contributed by atoms with Crippen molar-refractivity contribution < 1.29 is 8.42 Å². The topological polar surface area (TPSA) is 59.1 Å². The van der Waals surface area contributed by atoms with Crippen LogP contribution in [-0.2, 0) is 10.0 Å². The summed E-state index contributed by atoms with van der Waals surface area (Å²) in [6, 6.07) is 2.48. The van der Waals surface area contributed by atoms with Crippen LogP contribution in [0.25, 0.3) is 0 Å². The average Bonchev–Trinajstić information content (AvgIpc) is 2.75. The van der Waals surface area contributed by atoms with Crippen LogP contribution >= 0.6 is 46.1 Å². The van der Waals surface area contributed by atoms with Crippen LogP contribution < -0.4 is 4.72 Å². The van der Waals surface area contributed by atoms with Gasteiger partial charge in [0.25, 0.3) is 10.0 Å². The molecule has 1 aromatic carbocycles. The minimum Gasteiger partial charge on any atom is -0.255 e. The number of rotatable bonds is 3. The van der Waals surface area contributed by atoms with E-state index in [0.29, 0.717) is 0 Å². The third-order valence-electron chi connectivity index (χ3n) is 1.92. The van der Waals surface area contributed by atoms with Crippen molar-refractivity contribution in [3.8, 4) is 0 Å². The second-order valence-electron chi connectivity index (χ2n) is 3.14. The lowest BCUT2D eigenvalue weighted by atomic mass is 10.4. The van der Waals surface area contributed by atoms with Gasteiger partial charge in [-0.2, -0.15) is 0 Å². The molecule has 96 valence electrons. The van der Waals surface area contributed by atoms with Crippen molar-refractivity contribution in [3.63, 3.8) is 0 Å². The molecule has 4 nitrogen and oxygen atoms in total. The molecule has 0 fully saturated rings. The predicted octanol–water partition coefficient (Wildman–Crippen LogP) is 3.90. The molecule has 9 heteroatoms.